The van der Waals surface area contributed by atoms with Crippen LogP contribution in [0.15, 0.2) is 24.3 Å². The van der Waals surface area contributed by atoms with E-state index in [0.29, 0.717) is 0 Å². The Kier molecular flexibility index (Phi) is 4.25. The normalized spacial score (nSPS) is 19.7. The number of nitrogens with two attached hydrogens (primary N) is 1. The van der Waals surface area contributed by atoms with Crippen LogP contribution < -0.4 is 10.5 Å². The van der Waals surface area contributed by atoms with Crippen LogP contribution in [0.3, 0.4) is 0 Å². The monoisotopic (exact) mass is 248 g/mol. The second-order valence-electron chi connectivity index (χ2n) is 5.51. The first-order valence-corrected chi connectivity index (χ1v) is 6.82. The van der Waals surface area contributed by atoms with Crippen molar-refractivity contribution in [2.45, 2.75) is 38.8 Å². The standard InChI is InChI=1S/C15H24N2O/c1-3-18-14-6-4-13(5-7-14)12-17-10-8-15(2,16)9-11-17/h4-7H,3,8-12,16H2,1-2H3. The molecular weight excluding hydrogens is 224 g/mol. The van der Waals surface area contributed by atoms with E-state index >= 15 is 0 Å². The number of nitrogens with zero attached hydrogens (tertiary/aromatic N) is 1. The van der Waals surface area contributed by atoms with Crippen molar-refractivity contribution in [1.29, 1.82) is 0 Å². The van der Waals surface area contributed by atoms with Crippen LogP contribution in [-0.2, 0) is 6.54 Å². The zero-order valence-corrected chi connectivity index (χ0v) is 11.5. The van der Waals surface area contributed by atoms with E-state index in [1.165, 1.54) is 5.56 Å². The average molecular weight is 248 g/mol. The first kappa shape index (κ1) is 13.4. The molecule has 1 aliphatic heterocycles. The number of benzene rings is 1. The topological polar surface area (TPSA) is 38.5 Å². The molecule has 3 heteroatoms. The van der Waals surface area contributed by atoms with E-state index in [-0.39, 0.29) is 5.54 Å². The fraction of sp³-hybridized carbons (Fsp3) is 0.600. The van der Waals surface area contributed by atoms with Gasteiger partial charge in [0.25, 0.3) is 0 Å². The maximum atomic E-state index is 6.14. The lowest BCUT2D eigenvalue weighted by Gasteiger charge is -2.36. The molecule has 0 spiro atoms. The molecule has 0 saturated carbocycles. The molecule has 1 aliphatic rings. The van der Waals surface area contributed by atoms with Crippen LogP contribution in [0.1, 0.15) is 32.3 Å². The van der Waals surface area contributed by atoms with Crippen molar-refractivity contribution in [3.8, 4) is 5.75 Å². The van der Waals surface area contributed by atoms with Gasteiger partial charge in [0.1, 0.15) is 5.75 Å². The highest BCUT2D eigenvalue weighted by atomic mass is 16.5. The molecule has 100 valence electrons. The highest BCUT2D eigenvalue weighted by molar-refractivity contribution is 5.27. The summed E-state index contributed by atoms with van der Waals surface area (Å²) in [4.78, 5) is 2.48. The van der Waals surface area contributed by atoms with Crippen molar-refractivity contribution in [1.82, 2.24) is 4.90 Å². The summed E-state index contributed by atoms with van der Waals surface area (Å²) < 4.78 is 5.45. The lowest BCUT2D eigenvalue weighted by atomic mass is 9.91. The third-order valence-electron chi connectivity index (χ3n) is 3.64. The van der Waals surface area contributed by atoms with Gasteiger partial charge in [-0.25, -0.2) is 0 Å². The molecule has 1 aromatic rings. The second kappa shape index (κ2) is 5.72. The van der Waals surface area contributed by atoms with Crippen LogP contribution in [0.4, 0.5) is 0 Å². The van der Waals surface area contributed by atoms with Gasteiger partial charge in [-0.05, 0) is 44.4 Å². The minimum absolute atomic E-state index is 0.0370. The number of hydrogen-bond donors (Lipinski definition) is 1. The number of likely N-dealkylation sites (tertiary alicyclic amines) is 1. The Morgan fingerprint density at radius 1 is 1.22 bits per heavy atom. The Morgan fingerprint density at radius 2 is 1.83 bits per heavy atom. The third-order valence-corrected chi connectivity index (χ3v) is 3.64. The van der Waals surface area contributed by atoms with Gasteiger partial charge in [-0.2, -0.15) is 0 Å². The summed E-state index contributed by atoms with van der Waals surface area (Å²) in [5, 5.41) is 0. The lowest BCUT2D eigenvalue weighted by Crippen LogP contribution is -2.47. The van der Waals surface area contributed by atoms with Gasteiger partial charge in [-0.3, -0.25) is 4.90 Å². The first-order valence-electron chi connectivity index (χ1n) is 6.82. The minimum atomic E-state index is 0.0370. The van der Waals surface area contributed by atoms with Crippen LogP contribution in [-0.4, -0.2) is 30.1 Å². The quantitative estimate of drug-likeness (QED) is 0.889. The largest absolute Gasteiger partial charge is 0.494 e. The fourth-order valence-corrected chi connectivity index (χ4v) is 2.34. The fourth-order valence-electron chi connectivity index (χ4n) is 2.34. The van der Waals surface area contributed by atoms with Crippen molar-refractivity contribution in [3.05, 3.63) is 29.8 Å². The molecule has 0 aliphatic carbocycles. The van der Waals surface area contributed by atoms with Gasteiger partial charge in [-0.1, -0.05) is 12.1 Å². The molecule has 2 N–H and O–H groups in total. The van der Waals surface area contributed by atoms with Crippen molar-refractivity contribution in [2.24, 2.45) is 5.73 Å². The Hall–Kier alpha value is -1.06. The molecule has 0 atom stereocenters. The molecule has 1 saturated heterocycles. The molecule has 0 bridgehead atoms. The van der Waals surface area contributed by atoms with Crippen LogP contribution in [0.5, 0.6) is 5.75 Å². The Bertz CT molecular complexity index is 363. The van der Waals surface area contributed by atoms with Gasteiger partial charge in [-0.15, -0.1) is 0 Å². The van der Waals surface area contributed by atoms with Gasteiger partial charge >= 0.3 is 0 Å². The van der Waals surface area contributed by atoms with Crippen molar-refractivity contribution >= 4 is 0 Å². The van der Waals surface area contributed by atoms with Gasteiger partial charge in [0, 0.05) is 25.2 Å². The Balaban J connectivity index is 1.86. The van der Waals surface area contributed by atoms with Crippen LogP contribution in [0.25, 0.3) is 0 Å². The van der Waals surface area contributed by atoms with E-state index in [4.69, 9.17) is 10.5 Å². The van der Waals surface area contributed by atoms with E-state index in [9.17, 15) is 0 Å². The summed E-state index contributed by atoms with van der Waals surface area (Å²) in [5.74, 6) is 0.953. The van der Waals surface area contributed by atoms with Crippen molar-refractivity contribution < 1.29 is 4.74 Å². The Morgan fingerprint density at radius 3 is 2.39 bits per heavy atom. The molecule has 1 aromatic carbocycles. The third kappa shape index (κ3) is 3.72. The number of piperidine rings is 1. The molecule has 0 radical (unpaired) electrons. The molecule has 1 heterocycles. The highest BCUT2D eigenvalue weighted by Crippen LogP contribution is 2.21. The molecule has 18 heavy (non-hydrogen) atoms. The summed E-state index contributed by atoms with van der Waals surface area (Å²) in [5.41, 5.74) is 7.53. The molecule has 3 nitrogen and oxygen atoms in total. The molecule has 2 rings (SSSR count). The van der Waals surface area contributed by atoms with Gasteiger partial charge in [0.2, 0.25) is 0 Å². The lowest BCUT2D eigenvalue weighted by molar-refractivity contribution is 0.165. The van der Waals surface area contributed by atoms with Crippen LogP contribution in [0, 0.1) is 0 Å². The zero-order chi connectivity index (χ0) is 13.0. The van der Waals surface area contributed by atoms with Crippen molar-refractivity contribution in [2.75, 3.05) is 19.7 Å². The zero-order valence-electron chi connectivity index (χ0n) is 11.5. The van der Waals surface area contributed by atoms with E-state index in [1.807, 2.05) is 6.92 Å². The maximum Gasteiger partial charge on any atom is 0.119 e. The molecule has 1 fully saturated rings. The molecule has 0 aromatic heterocycles. The predicted molar refractivity (Wildman–Crippen MR) is 74.7 cm³/mol. The van der Waals surface area contributed by atoms with Crippen molar-refractivity contribution in [3.63, 3.8) is 0 Å². The van der Waals surface area contributed by atoms with Gasteiger partial charge < -0.3 is 10.5 Å². The smallest absolute Gasteiger partial charge is 0.119 e. The number of hydrogen-bond acceptors (Lipinski definition) is 3. The number of ether oxygens (including phenoxy) is 1. The first-order chi connectivity index (χ1) is 8.59. The summed E-state index contributed by atoms with van der Waals surface area (Å²) in [6.45, 7) is 8.09. The SMILES string of the molecule is CCOc1ccc(CN2CCC(C)(N)CC2)cc1. The summed E-state index contributed by atoms with van der Waals surface area (Å²) in [7, 11) is 0. The van der Waals surface area contributed by atoms with Gasteiger partial charge in [0.15, 0.2) is 0 Å². The minimum Gasteiger partial charge on any atom is -0.494 e. The average Bonchev–Trinajstić information content (AvgIpc) is 2.35. The summed E-state index contributed by atoms with van der Waals surface area (Å²) in [6, 6.07) is 8.41. The van der Waals surface area contributed by atoms with Gasteiger partial charge in [0.05, 0.1) is 6.61 Å². The van der Waals surface area contributed by atoms with E-state index < -0.39 is 0 Å². The molecular formula is C15H24N2O. The Labute approximate surface area is 110 Å². The van der Waals surface area contributed by atoms with Crippen LogP contribution >= 0.6 is 0 Å². The van der Waals surface area contributed by atoms with E-state index in [0.717, 1.165) is 44.8 Å². The van der Waals surface area contributed by atoms with Crippen LogP contribution in [0.2, 0.25) is 0 Å². The predicted octanol–water partition coefficient (Wildman–Crippen LogP) is 2.40. The second-order valence-corrected chi connectivity index (χ2v) is 5.51. The summed E-state index contributed by atoms with van der Waals surface area (Å²) >= 11 is 0. The maximum absolute atomic E-state index is 6.14. The number of rotatable bonds is 4. The highest BCUT2D eigenvalue weighted by Gasteiger charge is 2.25. The molecule has 0 unspecified atom stereocenters. The van der Waals surface area contributed by atoms with E-state index in [2.05, 4.69) is 36.1 Å². The van der Waals surface area contributed by atoms with E-state index in [1.54, 1.807) is 0 Å². The summed E-state index contributed by atoms with van der Waals surface area (Å²) in [6.07, 6.45) is 2.17. The molecule has 0 amide bonds.